The normalized spacial score (nSPS) is 16.9. The van der Waals surface area contributed by atoms with Crippen LogP contribution in [0.4, 0.5) is 5.69 Å². The number of carbonyl (C=O) groups excluding carboxylic acids is 1. The SMILES string of the molecule is CCC(C(=O)Nc1c(C)cccc1C)[N+]1(Cc2cnc(C)s2)CCCCC1.[Y]. The van der Waals surface area contributed by atoms with Gasteiger partial charge in [-0.05, 0) is 51.2 Å². The number of quaternary nitrogens is 1. The van der Waals surface area contributed by atoms with E-state index in [0.717, 1.165) is 52.4 Å². The number of hydrogen-bond acceptors (Lipinski definition) is 3. The maximum atomic E-state index is 13.4. The quantitative estimate of drug-likeness (QED) is 0.599. The van der Waals surface area contributed by atoms with E-state index in [1.807, 2.05) is 12.3 Å². The molecule has 1 N–H and O–H groups in total. The first-order valence-electron chi connectivity index (χ1n) is 10.1. The van der Waals surface area contributed by atoms with Gasteiger partial charge in [-0.3, -0.25) is 4.79 Å². The van der Waals surface area contributed by atoms with Crippen molar-refractivity contribution >= 4 is 22.9 Å². The molecule has 0 aliphatic carbocycles. The Morgan fingerprint density at radius 3 is 2.36 bits per heavy atom. The number of thiazole rings is 1. The van der Waals surface area contributed by atoms with Crippen LogP contribution >= 0.6 is 11.3 Å². The van der Waals surface area contributed by atoms with Crippen LogP contribution in [0.15, 0.2) is 24.4 Å². The fourth-order valence-corrected chi connectivity index (χ4v) is 5.46. The summed E-state index contributed by atoms with van der Waals surface area (Å²) in [6.45, 7) is 11.4. The van der Waals surface area contributed by atoms with Crippen molar-refractivity contribution in [3.05, 3.63) is 45.4 Å². The summed E-state index contributed by atoms with van der Waals surface area (Å²) in [5.41, 5.74) is 3.23. The van der Waals surface area contributed by atoms with E-state index in [-0.39, 0.29) is 44.7 Å². The van der Waals surface area contributed by atoms with E-state index in [1.165, 1.54) is 24.1 Å². The van der Waals surface area contributed by atoms with Crippen LogP contribution in [0.3, 0.4) is 0 Å². The van der Waals surface area contributed by atoms with Crippen molar-refractivity contribution in [3.8, 4) is 0 Å². The summed E-state index contributed by atoms with van der Waals surface area (Å²) in [5, 5.41) is 4.38. The topological polar surface area (TPSA) is 42.0 Å². The Balaban J connectivity index is 0.00000280. The molecule has 1 fully saturated rings. The van der Waals surface area contributed by atoms with Crippen molar-refractivity contribution in [3.63, 3.8) is 0 Å². The molecule has 0 saturated carbocycles. The summed E-state index contributed by atoms with van der Waals surface area (Å²) in [4.78, 5) is 19.2. The molecule has 28 heavy (non-hydrogen) atoms. The van der Waals surface area contributed by atoms with E-state index in [9.17, 15) is 4.79 Å². The number of hydrogen-bond donors (Lipinski definition) is 1. The molecule has 1 aliphatic rings. The molecule has 1 atom stereocenters. The van der Waals surface area contributed by atoms with E-state index in [4.69, 9.17) is 0 Å². The van der Waals surface area contributed by atoms with Gasteiger partial charge in [-0.2, -0.15) is 0 Å². The molecule has 1 radical (unpaired) electrons. The van der Waals surface area contributed by atoms with Crippen molar-refractivity contribution in [2.24, 2.45) is 0 Å². The number of nitrogens with zero attached hydrogens (tertiary/aromatic N) is 2. The van der Waals surface area contributed by atoms with Crippen molar-refractivity contribution in [2.45, 2.75) is 66.0 Å². The third kappa shape index (κ3) is 5.30. The molecule has 6 heteroatoms. The smallest absolute Gasteiger partial charge is 0.282 e. The largest absolute Gasteiger partial charge is 0.320 e. The van der Waals surface area contributed by atoms with Crippen molar-refractivity contribution in [2.75, 3.05) is 18.4 Å². The summed E-state index contributed by atoms with van der Waals surface area (Å²) in [7, 11) is 0. The zero-order valence-electron chi connectivity index (χ0n) is 17.6. The minimum Gasteiger partial charge on any atom is -0.320 e. The number of benzene rings is 1. The number of amides is 1. The predicted molar refractivity (Wildman–Crippen MR) is 113 cm³/mol. The van der Waals surface area contributed by atoms with Gasteiger partial charge in [0.1, 0.15) is 6.54 Å². The molecule has 1 aromatic carbocycles. The molecule has 149 valence electrons. The van der Waals surface area contributed by atoms with Crippen LogP contribution in [0.1, 0.15) is 53.6 Å². The number of piperidine rings is 1. The van der Waals surface area contributed by atoms with Crippen LogP contribution < -0.4 is 5.32 Å². The fourth-order valence-electron chi connectivity index (χ4n) is 4.55. The van der Waals surface area contributed by atoms with Gasteiger partial charge in [-0.15, -0.1) is 11.3 Å². The number of likely N-dealkylation sites (tertiary alicyclic amines) is 1. The maximum Gasteiger partial charge on any atom is 0.282 e. The van der Waals surface area contributed by atoms with Gasteiger partial charge in [0.25, 0.3) is 5.91 Å². The number of para-hydroxylation sites is 1. The van der Waals surface area contributed by atoms with Gasteiger partial charge in [-0.25, -0.2) is 4.98 Å². The number of aryl methyl sites for hydroxylation is 3. The third-order valence-corrected chi connectivity index (χ3v) is 6.82. The molecule has 1 amide bonds. The zero-order chi connectivity index (χ0) is 19.4. The van der Waals surface area contributed by atoms with Crippen LogP contribution in [0.2, 0.25) is 0 Å². The van der Waals surface area contributed by atoms with Gasteiger partial charge in [0.05, 0.1) is 23.0 Å². The number of aromatic nitrogens is 1. The average molecular weight is 475 g/mol. The summed E-state index contributed by atoms with van der Waals surface area (Å²) in [5.74, 6) is 0.165. The third-order valence-electron chi connectivity index (χ3n) is 5.93. The Kier molecular flexibility index (Phi) is 8.81. The summed E-state index contributed by atoms with van der Waals surface area (Å²) < 4.78 is 0.870. The first-order chi connectivity index (χ1) is 12.9. The first-order valence-corrected chi connectivity index (χ1v) is 10.9. The fraction of sp³-hybridized carbons (Fsp3) is 0.545. The Labute approximate surface area is 198 Å². The molecule has 1 saturated heterocycles. The molecule has 0 spiro atoms. The maximum absolute atomic E-state index is 13.4. The molecule has 1 unspecified atom stereocenters. The second-order valence-electron chi connectivity index (χ2n) is 7.91. The van der Waals surface area contributed by atoms with Crippen LogP contribution in [-0.4, -0.2) is 34.5 Å². The number of carbonyl (C=O) groups is 1. The van der Waals surface area contributed by atoms with E-state index >= 15 is 0 Å². The summed E-state index contributed by atoms with van der Waals surface area (Å²) in [6.07, 6.45) is 6.53. The molecule has 0 bridgehead atoms. The summed E-state index contributed by atoms with van der Waals surface area (Å²) >= 11 is 1.77. The first kappa shape index (κ1) is 23.7. The van der Waals surface area contributed by atoms with Gasteiger partial charge in [-0.1, -0.05) is 25.1 Å². The standard InChI is InChI=1S/C22H31N3OS.Y/c1-5-20(22(26)24-21-16(2)10-9-11-17(21)3)25(12-7-6-8-13-25)15-19-14-23-18(4)27-19;/h9-11,14,20H,5-8,12-13,15H2,1-4H3;/p+1. The van der Waals surface area contributed by atoms with Gasteiger partial charge >= 0.3 is 0 Å². The summed E-state index contributed by atoms with van der Waals surface area (Å²) in [6, 6.07) is 6.15. The second kappa shape index (κ2) is 10.4. The van der Waals surface area contributed by atoms with Crippen LogP contribution in [0.5, 0.6) is 0 Å². The van der Waals surface area contributed by atoms with Crippen molar-refractivity contribution < 1.29 is 42.0 Å². The molecular formula is C22H32N3OSY+. The molecule has 1 aliphatic heterocycles. The van der Waals surface area contributed by atoms with Gasteiger partial charge in [0.15, 0.2) is 6.04 Å². The average Bonchev–Trinajstić information content (AvgIpc) is 3.04. The minimum absolute atomic E-state index is 0. The van der Waals surface area contributed by atoms with E-state index in [0.29, 0.717) is 0 Å². The molecule has 1 aromatic heterocycles. The molecular weight excluding hydrogens is 443 g/mol. The van der Waals surface area contributed by atoms with Crippen molar-refractivity contribution in [1.29, 1.82) is 0 Å². The van der Waals surface area contributed by atoms with Crippen LogP contribution in [0.25, 0.3) is 0 Å². The monoisotopic (exact) mass is 475 g/mol. The minimum atomic E-state index is -0.0216. The van der Waals surface area contributed by atoms with E-state index in [2.05, 4.69) is 50.1 Å². The van der Waals surface area contributed by atoms with Gasteiger partial charge in [0, 0.05) is 51.0 Å². The van der Waals surface area contributed by atoms with Crippen molar-refractivity contribution in [1.82, 2.24) is 4.98 Å². The van der Waals surface area contributed by atoms with E-state index in [1.54, 1.807) is 11.3 Å². The number of anilines is 1. The Hall–Kier alpha value is -0.616. The van der Waals surface area contributed by atoms with Gasteiger partial charge in [0.2, 0.25) is 0 Å². The Morgan fingerprint density at radius 1 is 1.18 bits per heavy atom. The van der Waals surface area contributed by atoms with Gasteiger partial charge < -0.3 is 9.80 Å². The molecule has 4 nitrogen and oxygen atoms in total. The molecule has 2 aromatic rings. The molecule has 2 heterocycles. The molecule has 3 rings (SSSR count). The van der Waals surface area contributed by atoms with Crippen LogP contribution in [-0.2, 0) is 44.0 Å². The second-order valence-corrected chi connectivity index (χ2v) is 9.23. The van der Waals surface area contributed by atoms with E-state index < -0.39 is 0 Å². The zero-order valence-corrected chi connectivity index (χ0v) is 21.3. The van der Waals surface area contributed by atoms with Crippen LogP contribution in [0, 0.1) is 20.8 Å². The number of nitrogens with one attached hydrogen (secondary N) is 1. The Morgan fingerprint density at radius 2 is 1.82 bits per heavy atom. The number of rotatable bonds is 6. The predicted octanol–water partition coefficient (Wildman–Crippen LogP) is 4.98. The Bertz CT molecular complexity index is 779.